The van der Waals surface area contributed by atoms with Crippen molar-refractivity contribution in [2.45, 2.75) is 13.8 Å². The van der Waals surface area contributed by atoms with Gasteiger partial charge in [0.1, 0.15) is 5.15 Å². The minimum Gasteiger partial charge on any atom is -0.478 e. The lowest BCUT2D eigenvalue weighted by molar-refractivity contribution is 0.0697. The second-order valence-electron chi connectivity index (χ2n) is 5.00. The Labute approximate surface area is 126 Å². The number of aromatic nitrogens is 2. The number of aryl methyl sites for hydroxylation is 2. The highest BCUT2D eigenvalue weighted by atomic mass is 35.5. The van der Waals surface area contributed by atoms with Gasteiger partial charge in [-0.05, 0) is 43.7 Å². The van der Waals surface area contributed by atoms with Gasteiger partial charge in [-0.2, -0.15) is 0 Å². The fourth-order valence-electron chi connectivity index (χ4n) is 2.39. The van der Waals surface area contributed by atoms with Gasteiger partial charge in [0.05, 0.1) is 11.3 Å². The van der Waals surface area contributed by atoms with Crippen LogP contribution in [0.5, 0.6) is 0 Å². The van der Waals surface area contributed by atoms with Gasteiger partial charge in [-0.15, -0.1) is 0 Å². The number of carbonyl (C=O) groups is 1. The topological polar surface area (TPSA) is 66.0 Å². The molecule has 3 rings (SSSR count). The summed E-state index contributed by atoms with van der Waals surface area (Å²) in [6.45, 7) is 4.07. The summed E-state index contributed by atoms with van der Waals surface area (Å²) in [4.78, 5) is 18.6. The van der Waals surface area contributed by atoms with Gasteiger partial charge in [0.2, 0.25) is 0 Å². The summed E-state index contributed by atoms with van der Waals surface area (Å²) < 4.78 is 0. The van der Waals surface area contributed by atoms with E-state index in [4.69, 9.17) is 16.7 Å². The molecule has 4 nitrogen and oxygen atoms in total. The summed E-state index contributed by atoms with van der Waals surface area (Å²) >= 11 is 5.92. The van der Waals surface area contributed by atoms with Gasteiger partial charge in [0.15, 0.2) is 0 Å². The molecule has 2 aromatic heterocycles. The number of H-pyrrole nitrogens is 1. The van der Waals surface area contributed by atoms with Crippen LogP contribution in [0.2, 0.25) is 5.15 Å². The lowest BCUT2D eigenvalue weighted by Gasteiger charge is -2.04. The van der Waals surface area contributed by atoms with E-state index < -0.39 is 5.97 Å². The predicted octanol–water partition coefficient (Wildman–Crippen LogP) is 4.20. The molecule has 0 bridgehead atoms. The van der Waals surface area contributed by atoms with E-state index in [9.17, 15) is 4.79 Å². The monoisotopic (exact) mass is 300 g/mol. The van der Waals surface area contributed by atoms with E-state index in [2.05, 4.69) is 9.97 Å². The van der Waals surface area contributed by atoms with Crippen molar-refractivity contribution in [3.8, 4) is 11.3 Å². The fourth-order valence-corrected chi connectivity index (χ4v) is 2.60. The van der Waals surface area contributed by atoms with Gasteiger partial charge in [0.25, 0.3) is 0 Å². The molecule has 0 saturated heterocycles. The predicted molar refractivity (Wildman–Crippen MR) is 83.0 cm³/mol. The first-order valence-corrected chi connectivity index (χ1v) is 6.83. The van der Waals surface area contributed by atoms with Crippen LogP contribution >= 0.6 is 11.6 Å². The van der Waals surface area contributed by atoms with E-state index >= 15 is 0 Å². The van der Waals surface area contributed by atoms with Crippen LogP contribution in [0.25, 0.3) is 22.2 Å². The first-order valence-electron chi connectivity index (χ1n) is 6.46. The van der Waals surface area contributed by atoms with Crippen LogP contribution in [0.15, 0.2) is 30.3 Å². The number of fused-ring (bicyclic) bond motifs is 1. The molecule has 3 aromatic rings. The third kappa shape index (κ3) is 2.38. The summed E-state index contributed by atoms with van der Waals surface area (Å²) in [7, 11) is 0. The van der Waals surface area contributed by atoms with E-state index in [0.717, 1.165) is 22.2 Å². The molecule has 0 fully saturated rings. The third-order valence-corrected chi connectivity index (χ3v) is 3.84. The Morgan fingerprint density at radius 2 is 2.00 bits per heavy atom. The number of carboxylic acid groups (broad SMARTS) is 1. The number of aromatic amines is 1. The van der Waals surface area contributed by atoms with Crippen molar-refractivity contribution in [1.82, 2.24) is 9.97 Å². The maximum absolute atomic E-state index is 11.1. The van der Waals surface area contributed by atoms with Crippen LogP contribution in [0.4, 0.5) is 0 Å². The Balaban J connectivity index is 2.20. The van der Waals surface area contributed by atoms with Crippen LogP contribution in [0.1, 0.15) is 21.6 Å². The zero-order chi connectivity index (χ0) is 15.1. The standard InChI is InChI=1S/C16H13ClN2O2/c1-8-9(2)18-13-4-3-10(5-12(8)13)14-6-11(16(20)21)7-15(17)19-14/h3-7,18H,1-2H3,(H,20,21). The largest absolute Gasteiger partial charge is 0.478 e. The molecule has 0 radical (unpaired) electrons. The maximum Gasteiger partial charge on any atom is 0.335 e. The molecule has 2 N–H and O–H groups in total. The van der Waals surface area contributed by atoms with Crippen molar-refractivity contribution >= 4 is 28.5 Å². The highest BCUT2D eigenvalue weighted by Gasteiger charge is 2.11. The summed E-state index contributed by atoms with van der Waals surface area (Å²) in [6.07, 6.45) is 0. The maximum atomic E-state index is 11.1. The molecule has 0 amide bonds. The number of hydrogen-bond donors (Lipinski definition) is 2. The summed E-state index contributed by atoms with van der Waals surface area (Å²) in [5.41, 5.74) is 4.87. The van der Waals surface area contributed by atoms with Gasteiger partial charge < -0.3 is 10.1 Å². The number of nitrogens with one attached hydrogen (secondary N) is 1. The van der Waals surface area contributed by atoms with Gasteiger partial charge in [0, 0.05) is 22.2 Å². The normalized spacial score (nSPS) is 11.0. The van der Waals surface area contributed by atoms with E-state index in [1.165, 1.54) is 17.7 Å². The minimum atomic E-state index is -1.02. The number of hydrogen-bond acceptors (Lipinski definition) is 2. The second-order valence-corrected chi connectivity index (χ2v) is 5.39. The molecule has 5 heteroatoms. The molecule has 0 unspecified atom stereocenters. The lowest BCUT2D eigenvalue weighted by atomic mass is 10.0. The van der Waals surface area contributed by atoms with Crippen molar-refractivity contribution in [1.29, 1.82) is 0 Å². The highest BCUT2D eigenvalue weighted by Crippen LogP contribution is 2.28. The van der Waals surface area contributed by atoms with Crippen LogP contribution < -0.4 is 0 Å². The zero-order valence-corrected chi connectivity index (χ0v) is 12.3. The Hall–Kier alpha value is -2.33. The van der Waals surface area contributed by atoms with Crippen LogP contribution in [-0.4, -0.2) is 21.0 Å². The second kappa shape index (κ2) is 4.90. The third-order valence-electron chi connectivity index (χ3n) is 3.65. The molecule has 106 valence electrons. The number of benzene rings is 1. The number of nitrogens with zero attached hydrogens (tertiary/aromatic N) is 1. The number of rotatable bonds is 2. The molecular formula is C16H13ClN2O2. The average molecular weight is 301 g/mol. The summed E-state index contributed by atoms with van der Waals surface area (Å²) in [6, 6.07) is 8.75. The van der Waals surface area contributed by atoms with E-state index in [-0.39, 0.29) is 10.7 Å². The molecule has 0 aliphatic heterocycles. The zero-order valence-electron chi connectivity index (χ0n) is 11.6. The Kier molecular flexibility index (Phi) is 3.18. The smallest absolute Gasteiger partial charge is 0.335 e. The first-order chi connectivity index (χ1) is 9.95. The van der Waals surface area contributed by atoms with Crippen molar-refractivity contribution in [3.63, 3.8) is 0 Å². The average Bonchev–Trinajstić information content (AvgIpc) is 2.73. The Morgan fingerprint density at radius 1 is 1.24 bits per heavy atom. The number of carboxylic acids is 1. The SMILES string of the molecule is Cc1[nH]c2ccc(-c3cc(C(=O)O)cc(Cl)n3)cc2c1C. The molecule has 2 heterocycles. The molecule has 0 spiro atoms. The molecule has 0 aliphatic carbocycles. The van der Waals surface area contributed by atoms with Gasteiger partial charge >= 0.3 is 5.97 Å². The fraction of sp³-hybridized carbons (Fsp3) is 0.125. The molecular weight excluding hydrogens is 288 g/mol. The minimum absolute atomic E-state index is 0.132. The Bertz CT molecular complexity index is 868. The van der Waals surface area contributed by atoms with Crippen LogP contribution in [0.3, 0.4) is 0 Å². The highest BCUT2D eigenvalue weighted by molar-refractivity contribution is 6.29. The number of pyridine rings is 1. The molecule has 21 heavy (non-hydrogen) atoms. The van der Waals surface area contributed by atoms with Crippen molar-refractivity contribution in [2.24, 2.45) is 0 Å². The van der Waals surface area contributed by atoms with Crippen molar-refractivity contribution in [2.75, 3.05) is 0 Å². The lowest BCUT2D eigenvalue weighted by Crippen LogP contribution is -1.98. The summed E-state index contributed by atoms with van der Waals surface area (Å²) in [5, 5.41) is 10.4. The van der Waals surface area contributed by atoms with Gasteiger partial charge in [-0.3, -0.25) is 0 Å². The van der Waals surface area contributed by atoms with Gasteiger partial charge in [-0.25, -0.2) is 9.78 Å². The molecule has 0 atom stereocenters. The van der Waals surface area contributed by atoms with Crippen molar-refractivity contribution < 1.29 is 9.90 Å². The molecule has 1 aromatic carbocycles. The molecule has 0 saturated carbocycles. The Morgan fingerprint density at radius 3 is 2.71 bits per heavy atom. The number of halogens is 1. The van der Waals surface area contributed by atoms with E-state index in [1.807, 2.05) is 32.0 Å². The van der Waals surface area contributed by atoms with E-state index in [0.29, 0.717) is 5.69 Å². The van der Waals surface area contributed by atoms with Gasteiger partial charge in [-0.1, -0.05) is 17.7 Å². The van der Waals surface area contributed by atoms with Crippen molar-refractivity contribution in [3.05, 3.63) is 52.3 Å². The number of aromatic carboxylic acids is 1. The first kappa shape index (κ1) is 13.6. The van der Waals surface area contributed by atoms with Crippen LogP contribution in [0, 0.1) is 13.8 Å². The summed E-state index contributed by atoms with van der Waals surface area (Å²) in [5.74, 6) is -1.02. The molecule has 0 aliphatic rings. The quantitative estimate of drug-likeness (QED) is 0.697. The van der Waals surface area contributed by atoms with E-state index in [1.54, 1.807) is 0 Å². The van der Waals surface area contributed by atoms with Crippen LogP contribution in [-0.2, 0) is 0 Å².